The van der Waals surface area contributed by atoms with E-state index >= 15 is 0 Å². The van der Waals surface area contributed by atoms with Gasteiger partial charge in [-0.2, -0.15) is 13.2 Å². The van der Waals surface area contributed by atoms with Gasteiger partial charge in [0.15, 0.2) is 0 Å². The maximum atomic E-state index is 13.2. The summed E-state index contributed by atoms with van der Waals surface area (Å²) in [5.41, 5.74) is 1.38. The topological polar surface area (TPSA) is 68.0 Å². The van der Waals surface area contributed by atoms with Crippen molar-refractivity contribution >= 4 is 11.8 Å². The fourth-order valence-corrected chi connectivity index (χ4v) is 3.15. The summed E-state index contributed by atoms with van der Waals surface area (Å²) in [6, 6.07) is 17.3. The fourth-order valence-electron chi connectivity index (χ4n) is 3.15. The molecule has 0 aliphatic heterocycles. The van der Waals surface area contributed by atoms with Gasteiger partial charge in [-0.1, -0.05) is 47.6 Å². The van der Waals surface area contributed by atoms with E-state index in [0.717, 1.165) is 17.7 Å². The van der Waals surface area contributed by atoms with Crippen LogP contribution < -0.4 is 5.32 Å². The first kappa shape index (κ1) is 20.3. The Bertz CT molecular complexity index is 1190. The molecule has 2 aromatic heterocycles. The van der Waals surface area contributed by atoms with Crippen LogP contribution in [0.15, 0.2) is 83.6 Å². The monoisotopic (exact) mass is 423 g/mol. The number of benzene rings is 2. The molecule has 5 nitrogen and oxygen atoms in total. The van der Waals surface area contributed by atoms with Crippen LogP contribution in [0.4, 0.5) is 19.1 Å². The number of rotatable bonds is 5. The molecule has 2 heterocycles. The zero-order valence-corrected chi connectivity index (χ0v) is 16.1. The lowest BCUT2D eigenvalue weighted by Gasteiger charge is -2.09. The Kier molecular flexibility index (Phi) is 5.53. The average Bonchev–Trinajstić information content (AvgIpc) is 3.18. The van der Waals surface area contributed by atoms with Crippen LogP contribution in [0.2, 0.25) is 0 Å². The van der Waals surface area contributed by atoms with Gasteiger partial charge in [-0.15, -0.1) is 0 Å². The van der Waals surface area contributed by atoms with Gasteiger partial charge in [-0.3, -0.25) is 15.1 Å². The molecule has 0 unspecified atom stereocenters. The fraction of sp³-hybridized carbons (Fsp3) is 0.0870. The minimum atomic E-state index is -4.50. The van der Waals surface area contributed by atoms with E-state index in [2.05, 4.69) is 15.5 Å². The molecule has 2 aromatic carbocycles. The van der Waals surface area contributed by atoms with Crippen LogP contribution in [-0.2, 0) is 17.4 Å². The molecule has 0 aliphatic carbocycles. The van der Waals surface area contributed by atoms with Gasteiger partial charge >= 0.3 is 6.18 Å². The molecule has 8 heteroatoms. The van der Waals surface area contributed by atoms with Crippen LogP contribution in [-0.4, -0.2) is 16.0 Å². The van der Waals surface area contributed by atoms with Gasteiger partial charge < -0.3 is 4.52 Å². The summed E-state index contributed by atoms with van der Waals surface area (Å²) in [4.78, 5) is 16.5. The first-order valence-corrected chi connectivity index (χ1v) is 9.33. The quantitative estimate of drug-likeness (QED) is 0.454. The van der Waals surface area contributed by atoms with E-state index in [4.69, 9.17) is 4.52 Å². The SMILES string of the molecule is O=C(Cc1ccccc1)Nc1onc(-c2cccc(C(F)(F)F)c2)c1-c1ccncc1. The number of carbonyl (C=O) groups is 1. The summed E-state index contributed by atoms with van der Waals surface area (Å²) in [7, 11) is 0. The van der Waals surface area contributed by atoms with E-state index in [1.807, 2.05) is 30.3 Å². The Morgan fingerprint density at radius 2 is 1.68 bits per heavy atom. The van der Waals surface area contributed by atoms with E-state index in [-0.39, 0.29) is 29.5 Å². The Morgan fingerprint density at radius 1 is 0.935 bits per heavy atom. The lowest BCUT2D eigenvalue weighted by Crippen LogP contribution is -2.14. The van der Waals surface area contributed by atoms with Crippen molar-refractivity contribution in [3.63, 3.8) is 0 Å². The summed E-state index contributed by atoms with van der Waals surface area (Å²) >= 11 is 0. The van der Waals surface area contributed by atoms with Gasteiger partial charge in [0.1, 0.15) is 5.69 Å². The van der Waals surface area contributed by atoms with Gasteiger partial charge in [-0.25, -0.2) is 0 Å². The molecule has 1 amide bonds. The molecular formula is C23H16F3N3O2. The van der Waals surface area contributed by atoms with Crippen molar-refractivity contribution in [2.45, 2.75) is 12.6 Å². The number of pyridine rings is 1. The molecule has 4 aromatic rings. The van der Waals surface area contributed by atoms with Crippen molar-refractivity contribution in [2.75, 3.05) is 5.32 Å². The number of carbonyl (C=O) groups excluding carboxylic acids is 1. The molecule has 0 atom stereocenters. The smallest absolute Gasteiger partial charge is 0.337 e. The molecule has 0 fully saturated rings. The van der Waals surface area contributed by atoms with Crippen molar-refractivity contribution in [3.05, 3.63) is 90.3 Å². The van der Waals surface area contributed by atoms with Crippen molar-refractivity contribution in [3.8, 4) is 22.4 Å². The van der Waals surface area contributed by atoms with Crippen LogP contribution in [0.5, 0.6) is 0 Å². The number of alkyl halides is 3. The van der Waals surface area contributed by atoms with Crippen molar-refractivity contribution in [2.24, 2.45) is 0 Å². The van der Waals surface area contributed by atoms with Gasteiger partial charge in [-0.05, 0) is 35.4 Å². The number of anilines is 1. The lowest BCUT2D eigenvalue weighted by molar-refractivity contribution is -0.137. The maximum Gasteiger partial charge on any atom is 0.416 e. The average molecular weight is 423 g/mol. The lowest BCUT2D eigenvalue weighted by atomic mass is 10.00. The van der Waals surface area contributed by atoms with E-state index < -0.39 is 11.7 Å². The predicted molar refractivity (Wildman–Crippen MR) is 109 cm³/mol. The van der Waals surface area contributed by atoms with Crippen LogP contribution >= 0.6 is 0 Å². The van der Waals surface area contributed by atoms with Crippen LogP contribution in [0.25, 0.3) is 22.4 Å². The van der Waals surface area contributed by atoms with E-state index in [0.29, 0.717) is 11.1 Å². The zero-order chi connectivity index (χ0) is 21.8. The van der Waals surface area contributed by atoms with Crippen LogP contribution in [0, 0.1) is 0 Å². The highest BCUT2D eigenvalue weighted by Crippen LogP contribution is 2.39. The maximum absolute atomic E-state index is 13.2. The molecule has 0 bridgehead atoms. The minimum Gasteiger partial charge on any atom is -0.337 e. The Morgan fingerprint density at radius 3 is 2.39 bits per heavy atom. The highest BCUT2D eigenvalue weighted by Gasteiger charge is 2.31. The Hall–Kier alpha value is -3.94. The molecule has 1 N–H and O–H groups in total. The van der Waals surface area contributed by atoms with Crippen LogP contribution in [0.1, 0.15) is 11.1 Å². The zero-order valence-electron chi connectivity index (χ0n) is 16.1. The van der Waals surface area contributed by atoms with Gasteiger partial charge in [0, 0.05) is 18.0 Å². The molecule has 31 heavy (non-hydrogen) atoms. The van der Waals surface area contributed by atoms with Crippen LogP contribution in [0.3, 0.4) is 0 Å². The minimum absolute atomic E-state index is 0.0551. The van der Waals surface area contributed by atoms with Gasteiger partial charge in [0.2, 0.25) is 11.8 Å². The molecule has 0 radical (unpaired) electrons. The molecule has 0 saturated heterocycles. The molecule has 0 saturated carbocycles. The second-order valence-electron chi connectivity index (χ2n) is 6.76. The number of nitrogens with zero attached hydrogens (tertiary/aromatic N) is 2. The summed E-state index contributed by atoms with van der Waals surface area (Å²) in [6.07, 6.45) is -1.32. The van der Waals surface area contributed by atoms with E-state index in [1.165, 1.54) is 24.5 Å². The van der Waals surface area contributed by atoms with Crippen molar-refractivity contribution < 1.29 is 22.5 Å². The number of hydrogen-bond donors (Lipinski definition) is 1. The Labute approximate surface area is 175 Å². The third-order valence-corrected chi connectivity index (χ3v) is 4.58. The highest BCUT2D eigenvalue weighted by molar-refractivity contribution is 5.97. The largest absolute Gasteiger partial charge is 0.416 e. The molecule has 4 rings (SSSR count). The number of halogens is 3. The van der Waals surface area contributed by atoms with E-state index in [9.17, 15) is 18.0 Å². The molecular weight excluding hydrogens is 407 g/mol. The standard InChI is InChI=1S/C23H16F3N3O2/c24-23(25,26)18-8-4-7-17(14-18)21-20(16-9-11-27-12-10-16)22(31-29-21)28-19(30)13-15-5-2-1-3-6-15/h1-12,14H,13H2,(H,28,30). The third-order valence-electron chi connectivity index (χ3n) is 4.58. The first-order valence-electron chi connectivity index (χ1n) is 9.33. The molecule has 0 aliphatic rings. The highest BCUT2D eigenvalue weighted by atomic mass is 19.4. The summed E-state index contributed by atoms with van der Waals surface area (Å²) < 4.78 is 44.9. The second kappa shape index (κ2) is 8.43. The number of hydrogen-bond acceptors (Lipinski definition) is 4. The van der Waals surface area contributed by atoms with E-state index in [1.54, 1.807) is 12.1 Å². The van der Waals surface area contributed by atoms with Crippen molar-refractivity contribution in [1.82, 2.24) is 10.1 Å². The number of nitrogens with one attached hydrogen (secondary N) is 1. The summed E-state index contributed by atoms with van der Waals surface area (Å²) in [6.45, 7) is 0. The Balaban J connectivity index is 1.73. The van der Waals surface area contributed by atoms with Crippen molar-refractivity contribution in [1.29, 1.82) is 0 Å². The second-order valence-corrected chi connectivity index (χ2v) is 6.76. The normalized spacial score (nSPS) is 11.3. The third kappa shape index (κ3) is 4.63. The van der Waals surface area contributed by atoms with Gasteiger partial charge in [0.05, 0.1) is 17.5 Å². The predicted octanol–water partition coefficient (Wildman–Crippen LogP) is 5.60. The first-order chi connectivity index (χ1) is 14.9. The molecule has 156 valence electrons. The molecule has 0 spiro atoms. The number of aromatic nitrogens is 2. The summed E-state index contributed by atoms with van der Waals surface area (Å²) in [5.74, 6) is -0.284. The number of amides is 1. The van der Waals surface area contributed by atoms with Gasteiger partial charge in [0.25, 0.3) is 0 Å². The summed E-state index contributed by atoms with van der Waals surface area (Å²) in [5, 5.41) is 6.65.